The van der Waals surface area contributed by atoms with Crippen LogP contribution in [0.25, 0.3) is 21.7 Å². The molecule has 0 bridgehead atoms. The summed E-state index contributed by atoms with van der Waals surface area (Å²) in [4.78, 5) is 16.2. The quantitative estimate of drug-likeness (QED) is 0.491. The van der Waals surface area contributed by atoms with E-state index in [1.807, 2.05) is 25.1 Å². The van der Waals surface area contributed by atoms with Crippen molar-refractivity contribution < 1.29 is 14.1 Å². The first-order valence-corrected chi connectivity index (χ1v) is 6.77. The Morgan fingerprint density at radius 3 is 3.09 bits per heavy atom. The second kappa shape index (κ2) is 5.79. The van der Waals surface area contributed by atoms with Crippen molar-refractivity contribution in [1.82, 2.24) is 5.16 Å². The molecule has 0 radical (unpaired) electrons. The summed E-state index contributed by atoms with van der Waals surface area (Å²) in [6, 6.07) is 7.20. The summed E-state index contributed by atoms with van der Waals surface area (Å²) in [5, 5.41) is 7.38. The van der Waals surface area contributed by atoms with Crippen LogP contribution in [-0.4, -0.2) is 24.2 Å². The molecule has 8 nitrogen and oxygen atoms in total. The lowest BCUT2D eigenvalue weighted by atomic mass is 10.1. The summed E-state index contributed by atoms with van der Waals surface area (Å²) in [7, 11) is 0. The number of hydrogen-bond donors (Lipinski definition) is 0. The number of carbonyl (C=O) groups is 1. The van der Waals surface area contributed by atoms with Gasteiger partial charge in [-0.05, 0) is 30.7 Å². The normalized spacial score (nSPS) is 13.3. The van der Waals surface area contributed by atoms with Crippen molar-refractivity contribution in [2.45, 2.75) is 13.5 Å². The number of rotatable bonds is 4. The van der Waals surface area contributed by atoms with Crippen molar-refractivity contribution >= 4 is 11.6 Å². The molecular formula is C14H13N5O3. The van der Waals surface area contributed by atoms with Gasteiger partial charge in [0.05, 0.1) is 12.2 Å². The van der Waals surface area contributed by atoms with Gasteiger partial charge in [0.2, 0.25) is 0 Å². The lowest BCUT2D eigenvalue weighted by Gasteiger charge is -2.28. The van der Waals surface area contributed by atoms with Crippen LogP contribution < -0.4 is 9.64 Å². The highest BCUT2D eigenvalue weighted by Crippen LogP contribution is 2.35. The van der Waals surface area contributed by atoms with Crippen LogP contribution in [0.4, 0.5) is 5.69 Å². The molecule has 1 aromatic carbocycles. The Kier molecular flexibility index (Phi) is 3.67. The van der Waals surface area contributed by atoms with Gasteiger partial charge in [-0.3, -0.25) is 4.79 Å². The van der Waals surface area contributed by atoms with Gasteiger partial charge in [-0.25, -0.2) is 0 Å². The number of amides is 1. The fourth-order valence-corrected chi connectivity index (χ4v) is 2.33. The predicted octanol–water partition coefficient (Wildman–Crippen LogP) is 2.90. The number of hydrogen-bond acceptors (Lipinski definition) is 5. The van der Waals surface area contributed by atoms with E-state index < -0.39 is 0 Å². The van der Waals surface area contributed by atoms with Crippen LogP contribution in [0.2, 0.25) is 0 Å². The molecule has 22 heavy (non-hydrogen) atoms. The molecule has 0 fully saturated rings. The van der Waals surface area contributed by atoms with Gasteiger partial charge in [0.15, 0.2) is 6.61 Å². The SMILES string of the molecule is CCN1C(=O)COc2ccc(-c3cc(CN=[N+]=[N-])on3)cc21. The summed E-state index contributed by atoms with van der Waals surface area (Å²) in [5.41, 5.74) is 10.4. The van der Waals surface area contributed by atoms with Gasteiger partial charge in [0.25, 0.3) is 5.91 Å². The minimum Gasteiger partial charge on any atom is -0.482 e. The molecule has 0 N–H and O–H groups in total. The molecule has 2 heterocycles. The number of carbonyl (C=O) groups excluding carboxylic acids is 1. The van der Waals surface area contributed by atoms with E-state index in [0.29, 0.717) is 23.7 Å². The summed E-state index contributed by atoms with van der Waals surface area (Å²) in [6.45, 7) is 2.64. The second-order valence-corrected chi connectivity index (χ2v) is 4.68. The average Bonchev–Trinajstić information content (AvgIpc) is 3.01. The molecule has 0 unspecified atom stereocenters. The Morgan fingerprint density at radius 1 is 1.45 bits per heavy atom. The maximum atomic E-state index is 11.9. The number of likely N-dealkylation sites (N-methyl/N-ethyl adjacent to an activating group) is 1. The molecule has 3 rings (SSSR count). The van der Waals surface area contributed by atoms with Gasteiger partial charge in [-0.15, -0.1) is 0 Å². The van der Waals surface area contributed by atoms with Gasteiger partial charge in [0.1, 0.15) is 17.2 Å². The summed E-state index contributed by atoms with van der Waals surface area (Å²) < 4.78 is 10.5. The topological polar surface area (TPSA) is 104 Å². The number of anilines is 1. The van der Waals surface area contributed by atoms with Crippen molar-refractivity contribution in [2.75, 3.05) is 18.1 Å². The Hall–Kier alpha value is -2.99. The Morgan fingerprint density at radius 2 is 2.32 bits per heavy atom. The van der Waals surface area contributed by atoms with Crippen molar-refractivity contribution in [3.63, 3.8) is 0 Å². The standard InChI is InChI=1S/C14H13N5O3/c1-2-19-12-5-9(3-4-13(12)21-8-14(19)20)11-6-10(22-17-11)7-16-18-15/h3-6H,2,7-8H2,1H3. The second-order valence-electron chi connectivity index (χ2n) is 4.68. The van der Waals surface area contributed by atoms with Crippen LogP contribution in [0.3, 0.4) is 0 Å². The summed E-state index contributed by atoms with van der Waals surface area (Å²) in [6.07, 6.45) is 0. The molecule has 1 amide bonds. The molecule has 2 aromatic rings. The van der Waals surface area contributed by atoms with Gasteiger partial charge in [-0.1, -0.05) is 10.3 Å². The number of aromatic nitrogens is 1. The first kappa shape index (κ1) is 14.0. The molecule has 1 aliphatic rings. The maximum Gasteiger partial charge on any atom is 0.265 e. The molecule has 0 aliphatic carbocycles. The number of benzene rings is 1. The minimum absolute atomic E-state index is 0.0560. The van der Waals surface area contributed by atoms with Crippen molar-refractivity contribution in [2.24, 2.45) is 5.11 Å². The highest BCUT2D eigenvalue weighted by Gasteiger charge is 2.24. The van der Waals surface area contributed by atoms with E-state index in [9.17, 15) is 4.79 Å². The van der Waals surface area contributed by atoms with Crippen LogP contribution in [-0.2, 0) is 11.3 Å². The van der Waals surface area contributed by atoms with Gasteiger partial charge >= 0.3 is 0 Å². The molecule has 8 heteroatoms. The van der Waals surface area contributed by atoms with Crippen molar-refractivity contribution in [1.29, 1.82) is 0 Å². The summed E-state index contributed by atoms with van der Waals surface area (Å²) >= 11 is 0. The van der Waals surface area contributed by atoms with E-state index in [2.05, 4.69) is 15.2 Å². The van der Waals surface area contributed by atoms with Crippen LogP contribution in [0, 0.1) is 0 Å². The minimum atomic E-state index is -0.0728. The zero-order valence-corrected chi connectivity index (χ0v) is 11.9. The molecular weight excluding hydrogens is 286 g/mol. The van der Waals surface area contributed by atoms with E-state index in [1.165, 1.54) is 0 Å². The Bertz CT molecular complexity index is 764. The maximum absolute atomic E-state index is 11.9. The Labute approximate surface area is 125 Å². The molecule has 112 valence electrons. The third-order valence-corrected chi connectivity index (χ3v) is 3.36. The van der Waals surface area contributed by atoms with Gasteiger partial charge in [0, 0.05) is 23.1 Å². The highest BCUT2D eigenvalue weighted by molar-refractivity contribution is 5.98. The van der Waals surface area contributed by atoms with Crippen LogP contribution >= 0.6 is 0 Å². The van der Waals surface area contributed by atoms with E-state index >= 15 is 0 Å². The van der Waals surface area contributed by atoms with E-state index in [1.54, 1.807) is 11.0 Å². The number of azide groups is 1. The number of ether oxygens (including phenoxy) is 1. The molecule has 0 atom stereocenters. The number of fused-ring (bicyclic) bond motifs is 1. The average molecular weight is 299 g/mol. The predicted molar refractivity (Wildman–Crippen MR) is 78.3 cm³/mol. The van der Waals surface area contributed by atoms with Crippen LogP contribution in [0.15, 0.2) is 33.9 Å². The third-order valence-electron chi connectivity index (χ3n) is 3.36. The van der Waals surface area contributed by atoms with E-state index in [4.69, 9.17) is 14.8 Å². The summed E-state index contributed by atoms with van der Waals surface area (Å²) in [5.74, 6) is 1.07. The third kappa shape index (κ3) is 2.47. The van der Waals surface area contributed by atoms with Gasteiger partial charge < -0.3 is 14.2 Å². The van der Waals surface area contributed by atoms with Crippen LogP contribution in [0.1, 0.15) is 12.7 Å². The smallest absolute Gasteiger partial charge is 0.265 e. The zero-order valence-electron chi connectivity index (χ0n) is 11.9. The van der Waals surface area contributed by atoms with Gasteiger partial charge in [-0.2, -0.15) is 0 Å². The fraction of sp³-hybridized carbons (Fsp3) is 0.286. The van der Waals surface area contributed by atoms with Crippen LogP contribution in [0.5, 0.6) is 5.75 Å². The zero-order chi connectivity index (χ0) is 15.5. The molecule has 1 aromatic heterocycles. The molecule has 0 saturated carbocycles. The largest absolute Gasteiger partial charge is 0.482 e. The monoisotopic (exact) mass is 299 g/mol. The van der Waals surface area contributed by atoms with E-state index in [-0.39, 0.29) is 19.1 Å². The fourth-order valence-electron chi connectivity index (χ4n) is 2.33. The Balaban J connectivity index is 1.96. The first-order chi connectivity index (χ1) is 10.7. The molecule has 0 spiro atoms. The lowest BCUT2D eigenvalue weighted by Crippen LogP contribution is -2.38. The lowest BCUT2D eigenvalue weighted by molar-refractivity contribution is -0.121. The molecule has 1 aliphatic heterocycles. The van der Waals surface area contributed by atoms with Crippen molar-refractivity contribution in [3.05, 3.63) is 40.5 Å². The first-order valence-electron chi connectivity index (χ1n) is 6.77. The van der Waals surface area contributed by atoms with E-state index in [0.717, 1.165) is 11.3 Å². The number of nitrogens with zero attached hydrogens (tertiary/aromatic N) is 5. The molecule has 0 saturated heterocycles. The van der Waals surface area contributed by atoms with Crippen molar-refractivity contribution in [3.8, 4) is 17.0 Å². The highest BCUT2D eigenvalue weighted by atomic mass is 16.5.